The molecule has 0 aliphatic carbocycles. The van der Waals surface area contributed by atoms with E-state index in [-0.39, 0.29) is 18.6 Å². The van der Waals surface area contributed by atoms with Gasteiger partial charge >= 0.3 is 0 Å². The molecule has 2 aromatic rings. The molecule has 0 unspecified atom stereocenters. The lowest BCUT2D eigenvalue weighted by molar-refractivity contribution is 0.346. The van der Waals surface area contributed by atoms with Gasteiger partial charge < -0.3 is 4.98 Å². The summed E-state index contributed by atoms with van der Waals surface area (Å²) in [5.74, 6) is 0. The van der Waals surface area contributed by atoms with Crippen molar-refractivity contribution in [1.29, 1.82) is 0 Å². The molecule has 22 heavy (non-hydrogen) atoms. The molecule has 0 amide bonds. The molecule has 2 aliphatic rings. The molecule has 0 saturated carbocycles. The van der Waals surface area contributed by atoms with Crippen molar-refractivity contribution < 1.29 is 8.42 Å². The highest BCUT2D eigenvalue weighted by Gasteiger charge is 2.38. The molecule has 4 rings (SSSR count). The Bertz CT molecular complexity index is 881. The average molecular weight is 318 g/mol. The van der Waals surface area contributed by atoms with E-state index in [1.54, 1.807) is 0 Å². The predicted octanol–water partition coefficient (Wildman–Crippen LogP) is 0.346. The highest BCUT2D eigenvalue weighted by atomic mass is 32.2. The van der Waals surface area contributed by atoms with E-state index < -0.39 is 10.2 Å². The van der Waals surface area contributed by atoms with Crippen LogP contribution in [0.25, 0.3) is 0 Å². The summed E-state index contributed by atoms with van der Waals surface area (Å²) in [6.07, 6.45) is 1.31. The first-order valence-corrected chi connectivity index (χ1v) is 8.33. The number of benzene rings is 1. The van der Waals surface area contributed by atoms with E-state index in [4.69, 9.17) is 0 Å². The fraction of sp³-hybridized carbons (Fsp3) is 0.286. The zero-order chi connectivity index (χ0) is 15.3. The molecule has 8 heteroatoms. The van der Waals surface area contributed by atoms with E-state index in [1.807, 2.05) is 24.3 Å². The van der Waals surface area contributed by atoms with Crippen LogP contribution >= 0.6 is 0 Å². The Hall–Kier alpha value is -2.03. The van der Waals surface area contributed by atoms with E-state index in [1.165, 1.54) is 14.9 Å². The number of nitrogens with one attached hydrogen (secondary N) is 1. The van der Waals surface area contributed by atoms with Gasteiger partial charge in [-0.3, -0.25) is 4.79 Å². The van der Waals surface area contributed by atoms with Gasteiger partial charge in [0.1, 0.15) is 0 Å². The quantitative estimate of drug-likeness (QED) is 0.865. The van der Waals surface area contributed by atoms with Gasteiger partial charge in [0, 0.05) is 19.6 Å². The molecule has 7 nitrogen and oxygen atoms in total. The second kappa shape index (κ2) is 4.73. The van der Waals surface area contributed by atoms with Gasteiger partial charge in [-0.25, -0.2) is 4.98 Å². The number of aromatic amines is 1. The van der Waals surface area contributed by atoms with Crippen molar-refractivity contribution in [3.05, 3.63) is 63.3 Å². The Labute approximate surface area is 127 Å². The Morgan fingerprint density at radius 1 is 1.00 bits per heavy atom. The van der Waals surface area contributed by atoms with Gasteiger partial charge in [-0.05, 0) is 11.1 Å². The zero-order valence-electron chi connectivity index (χ0n) is 11.7. The van der Waals surface area contributed by atoms with Crippen LogP contribution in [0.2, 0.25) is 0 Å². The van der Waals surface area contributed by atoms with Crippen LogP contribution in [-0.2, 0) is 36.4 Å². The molecule has 0 bridgehead atoms. The SMILES string of the molecule is O=c1[nH]cnc2c1CN(S(=O)(=O)N1Cc3ccccc3C1)C2. The molecule has 1 aromatic carbocycles. The number of aromatic nitrogens is 2. The smallest absolute Gasteiger partial charge is 0.283 e. The predicted molar refractivity (Wildman–Crippen MR) is 78.7 cm³/mol. The standard InChI is InChI=1S/C14H14N4O3S/c19-14-12-7-18(8-13(12)15-9-16-14)22(20,21)17-5-10-3-1-2-4-11(10)6-17/h1-4,9H,5-8H2,(H,15,16,19). The molecule has 1 aromatic heterocycles. The van der Waals surface area contributed by atoms with E-state index in [9.17, 15) is 13.2 Å². The van der Waals surface area contributed by atoms with E-state index >= 15 is 0 Å². The highest BCUT2D eigenvalue weighted by molar-refractivity contribution is 7.86. The Morgan fingerprint density at radius 3 is 2.27 bits per heavy atom. The maximum Gasteiger partial charge on any atom is 0.283 e. The van der Waals surface area contributed by atoms with Gasteiger partial charge in [-0.1, -0.05) is 24.3 Å². The fourth-order valence-corrected chi connectivity index (χ4v) is 4.46. The van der Waals surface area contributed by atoms with E-state index in [0.29, 0.717) is 24.3 Å². The van der Waals surface area contributed by atoms with Crippen LogP contribution in [0.4, 0.5) is 0 Å². The average Bonchev–Trinajstić information content (AvgIpc) is 3.12. The number of hydrogen-bond donors (Lipinski definition) is 1. The van der Waals surface area contributed by atoms with Crippen molar-refractivity contribution in [1.82, 2.24) is 18.6 Å². The van der Waals surface area contributed by atoms with Gasteiger partial charge in [0.15, 0.2) is 0 Å². The molecule has 3 heterocycles. The fourth-order valence-electron chi connectivity index (χ4n) is 2.95. The van der Waals surface area contributed by atoms with Crippen LogP contribution in [0, 0.1) is 0 Å². The van der Waals surface area contributed by atoms with Crippen LogP contribution in [0.1, 0.15) is 22.4 Å². The summed E-state index contributed by atoms with van der Waals surface area (Å²) in [4.78, 5) is 18.3. The number of nitrogens with zero attached hydrogens (tertiary/aromatic N) is 3. The van der Waals surface area contributed by atoms with Crippen LogP contribution < -0.4 is 5.56 Å². The van der Waals surface area contributed by atoms with E-state index in [2.05, 4.69) is 9.97 Å². The van der Waals surface area contributed by atoms with Crippen molar-refractivity contribution in [2.75, 3.05) is 0 Å². The minimum absolute atomic E-state index is 0.0771. The molecule has 0 radical (unpaired) electrons. The molecular weight excluding hydrogens is 304 g/mol. The number of hydrogen-bond acceptors (Lipinski definition) is 4. The minimum Gasteiger partial charge on any atom is -0.313 e. The lowest BCUT2D eigenvalue weighted by Crippen LogP contribution is -2.38. The zero-order valence-corrected chi connectivity index (χ0v) is 12.5. The first kappa shape index (κ1) is 13.6. The summed E-state index contributed by atoms with van der Waals surface area (Å²) in [5, 5.41) is 0. The molecule has 0 spiro atoms. The van der Waals surface area contributed by atoms with Crippen molar-refractivity contribution in [2.24, 2.45) is 0 Å². The normalized spacial score (nSPS) is 18.4. The summed E-state index contributed by atoms with van der Waals surface area (Å²) in [5.41, 5.74) is 2.75. The van der Waals surface area contributed by atoms with Crippen LogP contribution in [0.3, 0.4) is 0 Å². The largest absolute Gasteiger partial charge is 0.313 e. The molecule has 0 atom stereocenters. The van der Waals surface area contributed by atoms with Crippen molar-refractivity contribution >= 4 is 10.2 Å². The Balaban J connectivity index is 1.62. The summed E-state index contributed by atoms with van der Waals surface area (Å²) in [6.45, 7) is 0.965. The first-order chi connectivity index (χ1) is 10.6. The van der Waals surface area contributed by atoms with Crippen molar-refractivity contribution in [3.63, 3.8) is 0 Å². The molecule has 0 saturated heterocycles. The molecular formula is C14H14N4O3S. The topological polar surface area (TPSA) is 86.4 Å². The van der Waals surface area contributed by atoms with Crippen LogP contribution in [-0.4, -0.2) is 27.0 Å². The van der Waals surface area contributed by atoms with Gasteiger partial charge in [0.2, 0.25) is 0 Å². The second-order valence-electron chi connectivity index (χ2n) is 5.47. The number of fused-ring (bicyclic) bond motifs is 2. The van der Waals surface area contributed by atoms with Crippen LogP contribution in [0.15, 0.2) is 35.4 Å². The molecule has 0 fully saturated rings. The third kappa shape index (κ3) is 1.99. The third-order valence-electron chi connectivity index (χ3n) is 4.16. The third-order valence-corrected chi connectivity index (χ3v) is 5.98. The minimum atomic E-state index is -3.62. The van der Waals surface area contributed by atoms with Gasteiger partial charge in [0.05, 0.1) is 24.1 Å². The highest BCUT2D eigenvalue weighted by Crippen LogP contribution is 2.29. The lowest BCUT2D eigenvalue weighted by atomic mass is 10.1. The molecule has 114 valence electrons. The lowest BCUT2D eigenvalue weighted by Gasteiger charge is -2.22. The van der Waals surface area contributed by atoms with Gasteiger partial charge in [-0.15, -0.1) is 0 Å². The van der Waals surface area contributed by atoms with Gasteiger partial charge in [0.25, 0.3) is 15.8 Å². The number of H-pyrrole nitrogens is 1. The summed E-state index contributed by atoms with van der Waals surface area (Å²) in [7, 11) is -3.62. The second-order valence-corrected chi connectivity index (χ2v) is 7.40. The molecule has 2 aliphatic heterocycles. The van der Waals surface area contributed by atoms with Crippen molar-refractivity contribution in [2.45, 2.75) is 26.2 Å². The van der Waals surface area contributed by atoms with Crippen molar-refractivity contribution in [3.8, 4) is 0 Å². The van der Waals surface area contributed by atoms with E-state index in [0.717, 1.165) is 11.1 Å². The summed E-state index contributed by atoms with van der Waals surface area (Å²) in [6, 6.07) is 7.69. The Morgan fingerprint density at radius 2 is 1.64 bits per heavy atom. The maximum atomic E-state index is 12.8. The summed E-state index contributed by atoms with van der Waals surface area (Å²) < 4.78 is 28.3. The number of rotatable bonds is 2. The van der Waals surface area contributed by atoms with Gasteiger partial charge in [-0.2, -0.15) is 17.0 Å². The maximum absolute atomic E-state index is 12.8. The molecule has 1 N–H and O–H groups in total. The monoisotopic (exact) mass is 318 g/mol. The first-order valence-electron chi connectivity index (χ1n) is 6.93. The summed E-state index contributed by atoms with van der Waals surface area (Å²) >= 11 is 0. The van der Waals surface area contributed by atoms with Crippen LogP contribution in [0.5, 0.6) is 0 Å². The Kier molecular flexibility index (Phi) is 2.93.